The molecule has 16 heavy (non-hydrogen) atoms. The molecule has 1 heterocycles. The van der Waals surface area contributed by atoms with E-state index in [4.69, 9.17) is 11.6 Å². The summed E-state index contributed by atoms with van der Waals surface area (Å²) in [5, 5.41) is 7.32. The van der Waals surface area contributed by atoms with Gasteiger partial charge in [0.2, 0.25) is 0 Å². The van der Waals surface area contributed by atoms with Crippen molar-refractivity contribution in [2.45, 2.75) is 6.54 Å². The molecule has 0 saturated carbocycles. The van der Waals surface area contributed by atoms with E-state index in [-0.39, 0.29) is 5.82 Å². The van der Waals surface area contributed by atoms with E-state index in [9.17, 15) is 4.39 Å². The summed E-state index contributed by atoms with van der Waals surface area (Å²) in [5.74, 6) is 0.381. The summed E-state index contributed by atoms with van der Waals surface area (Å²) in [6.45, 7) is 0.397. The zero-order chi connectivity index (χ0) is 11.5. The summed E-state index contributed by atoms with van der Waals surface area (Å²) in [4.78, 5) is 4.02. The molecule has 84 valence electrons. The first-order valence-electron chi connectivity index (χ1n) is 4.68. The van der Waals surface area contributed by atoms with E-state index in [0.717, 1.165) is 5.82 Å². The third-order valence-electron chi connectivity index (χ3n) is 2.17. The van der Waals surface area contributed by atoms with Crippen LogP contribution in [0.15, 0.2) is 24.5 Å². The molecule has 1 aromatic carbocycles. The highest BCUT2D eigenvalue weighted by Gasteiger charge is 2.04. The van der Waals surface area contributed by atoms with E-state index in [1.165, 1.54) is 24.5 Å². The van der Waals surface area contributed by atoms with Gasteiger partial charge in [-0.25, -0.2) is 9.37 Å². The maximum absolute atomic E-state index is 13.3. The average Bonchev–Trinajstić information content (AvgIpc) is 2.66. The molecule has 0 aliphatic heterocycles. The molecule has 0 aliphatic carbocycles. The summed E-state index contributed by atoms with van der Waals surface area (Å²) in [6, 6.07) is 4.36. The van der Waals surface area contributed by atoms with Gasteiger partial charge < -0.3 is 5.32 Å². The lowest BCUT2D eigenvalue weighted by Crippen LogP contribution is -2.07. The predicted molar refractivity (Wildman–Crippen MR) is 59.7 cm³/mol. The van der Waals surface area contributed by atoms with Crippen LogP contribution in [0.25, 0.3) is 0 Å². The Bertz CT molecular complexity index is 497. The normalized spacial score (nSPS) is 10.4. The Morgan fingerprint density at radius 1 is 1.50 bits per heavy atom. The van der Waals surface area contributed by atoms with Crippen LogP contribution in [0.4, 0.5) is 10.1 Å². The molecule has 0 amide bonds. The second kappa shape index (κ2) is 4.49. The minimum absolute atomic E-state index is 0.341. The molecule has 1 N–H and O–H groups in total. The summed E-state index contributed by atoms with van der Waals surface area (Å²) < 4.78 is 15.0. The third kappa shape index (κ3) is 2.30. The van der Waals surface area contributed by atoms with Crippen molar-refractivity contribution in [2.75, 3.05) is 5.32 Å². The maximum atomic E-state index is 13.3. The number of aryl methyl sites for hydroxylation is 1. The number of nitrogens with zero attached hydrogens (tertiary/aromatic N) is 3. The number of rotatable bonds is 3. The summed E-state index contributed by atoms with van der Waals surface area (Å²) in [7, 11) is 1.78. The van der Waals surface area contributed by atoms with Gasteiger partial charge in [-0.1, -0.05) is 11.6 Å². The molecule has 0 bridgehead atoms. The highest BCUT2D eigenvalue weighted by Crippen LogP contribution is 2.19. The minimum Gasteiger partial charge on any atom is -0.375 e. The molecule has 0 aliphatic rings. The van der Waals surface area contributed by atoms with Gasteiger partial charge in [-0.15, -0.1) is 0 Å². The highest BCUT2D eigenvalue weighted by molar-refractivity contribution is 6.30. The number of nitrogens with one attached hydrogen (secondary N) is 1. The van der Waals surface area contributed by atoms with Crippen LogP contribution in [0, 0.1) is 5.82 Å². The van der Waals surface area contributed by atoms with Crippen LogP contribution in [0.2, 0.25) is 5.02 Å². The molecule has 0 unspecified atom stereocenters. The zero-order valence-electron chi connectivity index (χ0n) is 8.61. The SMILES string of the molecule is Cn1ncnc1CNc1cc(Cl)ccc1F. The molecule has 0 spiro atoms. The number of hydrogen-bond acceptors (Lipinski definition) is 3. The van der Waals surface area contributed by atoms with Gasteiger partial charge in [-0.05, 0) is 18.2 Å². The Morgan fingerprint density at radius 2 is 2.31 bits per heavy atom. The summed E-state index contributed by atoms with van der Waals surface area (Å²) in [5.41, 5.74) is 0.357. The van der Waals surface area contributed by atoms with Crippen LogP contribution < -0.4 is 5.32 Å². The van der Waals surface area contributed by atoms with E-state index in [2.05, 4.69) is 15.4 Å². The maximum Gasteiger partial charge on any atom is 0.146 e. The van der Waals surface area contributed by atoms with Gasteiger partial charge in [-0.3, -0.25) is 4.68 Å². The molecule has 4 nitrogen and oxygen atoms in total. The van der Waals surface area contributed by atoms with Gasteiger partial charge in [0.15, 0.2) is 0 Å². The van der Waals surface area contributed by atoms with Crippen molar-refractivity contribution in [1.82, 2.24) is 14.8 Å². The molecule has 2 rings (SSSR count). The summed E-state index contributed by atoms with van der Waals surface area (Å²) in [6.07, 6.45) is 1.45. The fourth-order valence-electron chi connectivity index (χ4n) is 1.29. The molecule has 0 atom stereocenters. The van der Waals surface area contributed by atoms with Crippen LogP contribution >= 0.6 is 11.6 Å². The van der Waals surface area contributed by atoms with E-state index in [1.54, 1.807) is 11.7 Å². The Hall–Kier alpha value is -1.62. The Balaban J connectivity index is 2.10. The fraction of sp³-hybridized carbons (Fsp3) is 0.200. The van der Waals surface area contributed by atoms with Gasteiger partial charge in [-0.2, -0.15) is 5.10 Å². The Morgan fingerprint density at radius 3 is 3.00 bits per heavy atom. The number of aromatic nitrogens is 3. The Kier molecular flexibility index (Phi) is 3.05. The number of hydrogen-bond donors (Lipinski definition) is 1. The molecule has 6 heteroatoms. The van der Waals surface area contributed by atoms with Crippen LogP contribution in [0.3, 0.4) is 0 Å². The van der Waals surface area contributed by atoms with E-state index in [0.29, 0.717) is 17.3 Å². The number of anilines is 1. The molecular formula is C10H10ClFN4. The van der Waals surface area contributed by atoms with Crippen molar-refractivity contribution in [3.8, 4) is 0 Å². The molecule has 0 fully saturated rings. The molecule has 0 saturated heterocycles. The first kappa shape index (κ1) is 10.9. The van der Waals surface area contributed by atoms with Gasteiger partial charge in [0.25, 0.3) is 0 Å². The van der Waals surface area contributed by atoms with E-state index >= 15 is 0 Å². The highest BCUT2D eigenvalue weighted by atomic mass is 35.5. The van der Waals surface area contributed by atoms with Crippen molar-refractivity contribution in [3.63, 3.8) is 0 Å². The van der Waals surface area contributed by atoms with Crippen molar-refractivity contribution >= 4 is 17.3 Å². The minimum atomic E-state index is -0.341. The third-order valence-corrected chi connectivity index (χ3v) is 2.41. The molecule has 2 aromatic rings. The second-order valence-corrected chi connectivity index (χ2v) is 3.71. The van der Waals surface area contributed by atoms with Crippen molar-refractivity contribution < 1.29 is 4.39 Å². The van der Waals surface area contributed by atoms with Crippen LogP contribution in [-0.2, 0) is 13.6 Å². The summed E-state index contributed by atoms with van der Waals surface area (Å²) >= 11 is 5.77. The van der Waals surface area contributed by atoms with Crippen molar-refractivity contribution in [2.24, 2.45) is 7.05 Å². The molecule has 0 radical (unpaired) electrons. The number of halogens is 2. The van der Waals surface area contributed by atoms with Gasteiger partial charge in [0.1, 0.15) is 18.0 Å². The molecule has 1 aromatic heterocycles. The van der Waals surface area contributed by atoms with Crippen LogP contribution in [0.1, 0.15) is 5.82 Å². The standard InChI is InChI=1S/C10H10ClFN4/c1-16-10(14-6-15-16)5-13-9-4-7(11)2-3-8(9)12/h2-4,6,13H,5H2,1H3. The lowest BCUT2D eigenvalue weighted by atomic mass is 10.3. The average molecular weight is 241 g/mol. The largest absolute Gasteiger partial charge is 0.375 e. The number of benzene rings is 1. The van der Waals surface area contributed by atoms with E-state index in [1.807, 2.05) is 0 Å². The smallest absolute Gasteiger partial charge is 0.146 e. The van der Waals surface area contributed by atoms with Gasteiger partial charge >= 0.3 is 0 Å². The van der Waals surface area contributed by atoms with Crippen LogP contribution in [-0.4, -0.2) is 14.8 Å². The van der Waals surface area contributed by atoms with Gasteiger partial charge in [0, 0.05) is 12.1 Å². The first-order chi connectivity index (χ1) is 7.66. The topological polar surface area (TPSA) is 42.7 Å². The first-order valence-corrected chi connectivity index (χ1v) is 5.06. The van der Waals surface area contributed by atoms with Crippen molar-refractivity contribution in [1.29, 1.82) is 0 Å². The quantitative estimate of drug-likeness (QED) is 0.895. The second-order valence-electron chi connectivity index (χ2n) is 3.28. The molecular weight excluding hydrogens is 231 g/mol. The van der Waals surface area contributed by atoms with Crippen molar-refractivity contribution in [3.05, 3.63) is 41.2 Å². The van der Waals surface area contributed by atoms with E-state index < -0.39 is 0 Å². The predicted octanol–water partition coefficient (Wildman–Crippen LogP) is 2.22. The monoisotopic (exact) mass is 240 g/mol. The lowest BCUT2D eigenvalue weighted by Gasteiger charge is -2.07. The fourth-order valence-corrected chi connectivity index (χ4v) is 1.46. The van der Waals surface area contributed by atoms with Gasteiger partial charge in [0.05, 0.1) is 12.2 Å². The Labute approximate surface area is 97.1 Å². The lowest BCUT2D eigenvalue weighted by molar-refractivity contribution is 0.628. The zero-order valence-corrected chi connectivity index (χ0v) is 9.37. The van der Waals surface area contributed by atoms with Crippen LogP contribution in [0.5, 0.6) is 0 Å².